The Hall–Kier alpha value is -2.58. The van der Waals surface area contributed by atoms with Crippen molar-refractivity contribution < 1.29 is 5.11 Å². The summed E-state index contributed by atoms with van der Waals surface area (Å²) >= 11 is 0. The number of hydrogen-bond acceptors (Lipinski definition) is 5. The van der Waals surface area contributed by atoms with Gasteiger partial charge < -0.3 is 16.2 Å². The molecule has 0 aliphatic rings. The molecule has 1 heterocycles. The SMILES string of the molecule is Cc1ccnc(NCC(O)c2ccc(N)cc2)c1C#N. The number of nitrogens with one attached hydrogen (secondary N) is 1. The topological polar surface area (TPSA) is 95.0 Å². The quantitative estimate of drug-likeness (QED) is 0.737. The summed E-state index contributed by atoms with van der Waals surface area (Å²) in [5, 5.41) is 22.2. The first kappa shape index (κ1) is 13.8. The maximum Gasteiger partial charge on any atom is 0.144 e. The van der Waals surface area contributed by atoms with E-state index >= 15 is 0 Å². The summed E-state index contributed by atoms with van der Waals surface area (Å²) in [5.41, 5.74) is 8.37. The van der Waals surface area contributed by atoms with Gasteiger partial charge in [-0.15, -0.1) is 0 Å². The third kappa shape index (κ3) is 3.05. The fourth-order valence-corrected chi connectivity index (χ4v) is 1.86. The number of nitrogens with two attached hydrogens (primary N) is 1. The zero-order valence-corrected chi connectivity index (χ0v) is 11.2. The second-order valence-corrected chi connectivity index (χ2v) is 4.53. The number of nitriles is 1. The van der Waals surface area contributed by atoms with E-state index in [9.17, 15) is 5.11 Å². The van der Waals surface area contributed by atoms with E-state index in [4.69, 9.17) is 11.0 Å². The summed E-state index contributed by atoms with van der Waals surface area (Å²) in [7, 11) is 0. The predicted molar refractivity (Wildman–Crippen MR) is 78.0 cm³/mol. The van der Waals surface area contributed by atoms with E-state index < -0.39 is 6.10 Å². The second kappa shape index (κ2) is 6.04. The maximum atomic E-state index is 10.1. The van der Waals surface area contributed by atoms with Crippen molar-refractivity contribution in [3.8, 4) is 6.07 Å². The molecule has 5 nitrogen and oxygen atoms in total. The molecule has 0 aliphatic carbocycles. The third-order valence-electron chi connectivity index (χ3n) is 3.06. The Balaban J connectivity index is 2.07. The minimum atomic E-state index is -0.690. The number of aryl methyl sites for hydroxylation is 1. The van der Waals surface area contributed by atoms with Gasteiger partial charge in [0.05, 0.1) is 11.7 Å². The van der Waals surface area contributed by atoms with Crippen molar-refractivity contribution >= 4 is 11.5 Å². The van der Waals surface area contributed by atoms with Gasteiger partial charge in [-0.3, -0.25) is 0 Å². The van der Waals surface area contributed by atoms with E-state index in [-0.39, 0.29) is 6.54 Å². The van der Waals surface area contributed by atoms with Gasteiger partial charge in [-0.25, -0.2) is 4.98 Å². The van der Waals surface area contributed by atoms with Crippen molar-refractivity contribution in [2.45, 2.75) is 13.0 Å². The number of pyridine rings is 1. The van der Waals surface area contributed by atoms with E-state index in [1.807, 2.05) is 6.92 Å². The number of aliphatic hydroxyl groups is 1. The molecule has 2 rings (SSSR count). The number of aromatic nitrogens is 1. The second-order valence-electron chi connectivity index (χ2n) is 4.53. The van der Waals surface area contributed by atoms with E-state index in [0.717, 1.165) is 11.1 Å². The Labute approximate surface area is 117 Å². The molecule has 0 spiro atoms. The number of nitrogens with zero attached hydrogens (tertiary/aromatic N) is 2. The fourth-order valence-electron chi connectivity index (χ4n) is 1.86. The summed E-state index contributed by atoms with van der Waals surface area (Å²) in [6.45, 7) is 2.12. The van der Waals surface area contributed by atoms with Crippen LogP contribution < -0.4 is 11.1 Å². The molecule has 1 aromatic carbocycles. The molecule has 1 atom stereocenters. The first-order chi connectivity index (χ1) is 9.61. The summed E-state index contributed by atoms with van der Waals surface area (Å²) < 4.78 is 0. The van der Waals surface area contributed by atoms with E-state index in [0.29, 0.717) is 17.1 Å². The molecule has 0 fully saturated rings. The predicted octanol–water partition coefficient (Wildman–Crippen LogP) is 1.99. The van der Waals surface area contributed by atoms with Gasteiger partial charge in [-0.1, -0.05) is 12.1 Å². The lowest BCUT2D eigenvalue weighted by Gasteiger charge is -2.14. The van der Waals surface area contributed by atoms with Gasteiger partial charge in [-0.2, -0.15) is 5.26 Å². The van der Waals surface area contributed by atoms with E-state index in [2.05, 4.69) is 16.4 Å². The van der Waals surface area contributed by atoms with Crippen LogP contribution in [0.25, 0.3) is 0 Å². The highest BCUT2D eigenvalue weighted by molar-refractivity contribution is 5.55. The average molecular weight is 268 g/mol. The number of aliphatic hydroxyl groups excluding tert-OH is 1. The Morgan fingerprint density at radius 2 is 2.05 bits per heavy atom. The first-order valence-corrected chi connectivity index (χ1v) is 6.25. The smallest absolute Gasteiger partial charge is 0.144 e. The molecule has 20 heavy (non-hydrogen) atoms. The third-order valence-corrected chi connectivity index (χ3v) is 3.06. The van der Waals surface area contributed by atoms with Gasteiger partial charge >= 0.3 is 0 Å². The van der Waals surface area contributed by atoms with Crippen molar-refractivity contribution in [2.75, 3.05) is 17.6 Å². The molecular weight excluding hydrogens is 252 g/mol. The van der Waals surface area contributed by atoms with Crippen LogP contribution in [0.4, 0.5) is 11.5 Å². The van der Waals surface area contributed by atoms with E-state index in [1.165, 1.54) is 0 Å². The number of anilines is 2. The summed E-state index contributed by atoms with van der Waals surface area (Å²) in [6.07, 6.45) is 0.943. The molecule has 5 heteroatoms. The standard InChI is InChI=1S/C15H16N4O/c1-10-6-7-18-15(13(10)8-16)19-9-14(20)11-2-4-12(17)5-3-11/h2-7,14,20H,9,17H2,1H3,(H,18,19). The zero-order chi connectivity index (χ0) is 14.5. The number of nitrogen functional groups attached to an aromatic ring is 1. The largest absolute Gasteiger partial charge is 0.399 e. The van der Waals surface area contributed by atoms with Crippen molar-refractivity contribution in [3.05, 3.63) is 53.2 Å². The number of hydrogen-bond donors (Lipinski definition) is 3. The van der Waals surface area contributed by atoms with Crippen molar-refractivity contribution in [2.24, 2.45) is 0 Å². The monoisotopic (exact) mass is 268 g/mol. The molecule has 0 radical (unpaired) electrons. The maximum absolute atomic E-state index is 10.1. The van der Waals surface area contributed by atoms with E-state index in [1.54, 1.807) is 36.5 Å². The minimum absolute atomic E-state index is 0.273. The van der Waals surface area contributed by atoms with Crippen LogP contribution in [0.2, 0.25) is 0 Å². The van der Waals surface area contributed by atoms with Crippen LogP contribution in [-0.4, -0.2) is 16.6 Å². The molecular formula is C15H16N4O. The van der Waals surface area contributed by atoms with Gasteiger partial charge in [0.1, 0.15) is 11.9 Å². The number of rotatable bonds is 4. The van der Waals surface area contributed by atoms with Crippen LogP contribution >= 0.6 is 0 Å². The highest BCUT2D eigenvalue weighted by Crippen LogP contribution is 2.18. The minimum Gasteiger partial charge on any atom is -0.399 e. The zero-order valence-electron chi connectivity index (χ0n) is 11.2. The van der Waals surface area contributed by atoms with Gasteiger partial charge in [0.2, 0.25) is 0 Å². The highest BCUT2D eigenvalue weighted by Gasteiger charge is 2.10. The van der Waals surface area contributed by atoms with Gasteiger partial charge in [0.25, 0.3) is 0 Å². The normalized spacial score (nSPS) is 11.7. The molecule has 0 bridgehead atoms. The summed E-state index contributed by atoms with van der Waals surface area (Å²) in [6, 6.07) is 10.9. The highest BCUT2D eigenvalue weighted by atomic mass is 16.3. The lowest BCUT2D eigenvalue weighted by Crippen LogP contribution is -2.14. The molecule has 0 saturated heterocycles. The van der Waals surface area contributed by atoms with Gasteiger partial charge in [0.15, 0.2) is 0 Å². The van der Waals surface area contributed by atoms with Crippen molar-refractivity contribution in [3.63, 3.8) is 0 Å². The Morgan fingerprint density at radius 3 is 2.70 bits per heavy atom. The lowest BCUT2D eigenvalue weighted by atomic mass is 10.1. The van der Waals surface area contributed by atoms with Crippen LogP contribution in [0, 0.1) is 18.3 Å². The molecule has 102 valence electrons. The van der Waals surface area contributed by atoms with Crippen molar-refractivity contribution in [1.29, 1.82) is 5.26 Å². The van der Waals surface area contributed by atoms with Crippen LogP contribution in [0.5, 0.6) is 0 Å². The molecule has 1 aromatic heterocycles. The lowest BCUT2D eigenvalue weighted by molar-refractivity contribution is 0.191. The summed E-state index contributed by atoms with van der Waals surface area (Å²) in [5.74, 6) is 0.488. The molecule has 4 N–H and O–H groups in total. The van der Waals surface area contributed by atoms with Gasteiger partial charge in [-0.05, 0) is 36.2 Å². The molecule has 0 saturated carbocycles. The Bertz CT molecular complexity index is 631. The van der Waals surface area contributed by atoms with Crippen LogP contribution in [0.1, 0.15) is 22.8 Å². The molecule has 0 aliphatic heterocycles. The average Bonchev–Trinajstić information content (AvgIpc) is 2.45. The number of benzene rings is 1. The fraction of sp³-hybridized carbons (Fsp3) is 0.200. The Morgan fingerprint density at radius 1 is 1.35 bits per heavy atom. The Kier molecular flexibility index (Phi) is 4.18. The van der Waals surface area contributed by atoms with Crippen LogP contribution in [-0.2, 0) is 0 Å². The van der Waals surface area contributed by atoms with Crippen LogP contribution in [0.3, 0.4) is 0 Å². The van der Waals surface area contributed by atoms with Gasteiger partial charge in [0, 0.05) is 18.4 Å². The first-order valence-electron chi connectivity index (χ1n) is 6.25. The summed E-state index contributed by atoms with van der Waals surface area (Å²) in [4.78, 5) is 4.13. The van der Waals surface area contributed by atoms with Crippen molar-refractivity contribution in [1.82, 2.24) is 4.98 Å². The molecule has 2 aromatic rings. The molecule has 1 unspecified atom stereocenters. The molecule has 0 amide bonds. The van der Waals surface area contributed by atoms with Crippen LogP contribution in [0.15, 0.2) is 36.5 Å².